The second-order valence-electron chi connectivity index (χ2n) is 3.26. The van der Waals surface area contributed by atoms with Crippen LogP contribution in [-0.4, -0.2) is 19.9 Å². The normalized spacial score (nSPS) is 10.3. The summed E-state index contributed by atoms with van der Waals surface area (Å²) < 4.78 is 0. The number of hydrogen-bond donors (Lipinski definition) is 1. The van der Waals surface area contributed by atoms with Crippen molar-refractivity contribution in [3.63, 3.8) is 0 Å². The van der Waals surface area contributed by atoms with E-state index >= 15 is 0 Å². The number of nitrogens with zero attached hydrogens (tertiary/aromatic N) is 4. The summed E-state index contributed by atoms with van der Waals surface area (Å²) in [5.41, 5.74) is 7.52. The van der Waals surface area contributed by atoms with Gasteiger partial charge in [-0.25, -0.2) is 4.98 Å². The summed E-state index contributed by atoms with van der Waals surface area (Å²) in [5.74, 6) is 1.46. The highest BCUT2D eigenvalue weighted by Gasteiger charge is 2.06. The molecule has 2 aromatic rings. The van der Waals surface area contributed by atoms with Gasteiger partial charge < -0.3 is 5.73 Å². The number of nitrogens with two attached hydrogens (primary N) is 1. The fourth-order valence-corrected chi connectivity index (χ4v) is 1.35. The van der Waals surface area contributed by atoms with Crippen LogP contribution >= 0.6 is 0 Å². The minimum atomic E-state index is 0.244. The Labute approximate surface area is 87.4 Å². The molecule has 0 aliphatic carbocycles. The van der Waals surface area contributed by atoms with Crippen LogP contribution < -0.4 is 5.73 Å². The van der Waals surface area contributed by atoms with Crippen LogP contribution in [0.15, 0.2) is 18.5 Å². The van der Waals surface area contributed by atoms with E-state index in [0.717, 1.165) is 11.1 Å². The van der Waals surface area contributed by atoms with Crippen molar-refractivity contribution in [1.29, 1.82) is 0 Å². The van der Waals surface area contributed by atoms with E-state index < -0.39 is 0 Å². The van der Waals surface area contributed by atoms with Gasteiger partial charge in [0.1, 0.15) is 5.82 Å². The van der Waals surface area contributed by atoms with Crippen molar-refractivity contribution in [2.45, 2.75) is 13.8 Å². The molecule has 2 N–H and O–H groups in total. The number of hydrogen-bond acceptors (Lipinski definition) is 5. The molecule has 5 heteroatoms. The van der Waals surface area contributed by atoms with Crippen LogP contribution in [0.1, 0.15) is 11.4 Å². The van der Waals surface area contributed by atoms with Crippen LogP contribution in [0.2, 0.25) is 0 Å². The predicted molar refractivity (Wildman–Crippen MR) is 56.9 cm³/mol. The molecule has 0 amide bonds. The molecule has 0 atom stereocenters. The van der Waals surface area contributed by atoms with Gasteiger partial charge in [0.05, 0.1) is 0 Å². The standard InChI is InChI=1S/C10H11N5/c1-6-5-12-4-3-8(6)9-13-7(2)14-10(11)15-9/h3-5H,1-2H3,(H2,11,13,14,15). The fourth-order valence-electron chi connectivity index (χ4n) is 1.35. The second-order valence-corrected chi connectivity index (χ2v) is 3.26. The van der Waals surface area contributed by atoms with Gasteiger partial charge in [-0.05, 0) is 25.5 Å². The van der Waals surface area contributed by atoms with Gasteiger partial charge in [0, 0.05) is 18.0 Å². The Kier molecular flexibility index (Phi) is 2.29. The molecule has 2 aromatic heterocycles. The third kappa shape index (κ3) is 1.90. The Bertz CT molecular complexity index is 475. The fraction of sp³-hybridized carbons (Fsp3) is 0.200. The lowest BCUT2D eigenvalue weighted by atomic mass is 10.1. The molecule has 0 aliphatic heterocycles. The summed E-state index contributed by atoms with van der Waals surface area (Å²) >= 11 is 0. The Hall–Kier alpha value is -2.04. The van der Waals surface area contributed by atoms with Gasteiger partial charge in [-0.2, -0.15) is 9.97 Å². The average Bonchev–Trinajstić information content (AvgIpc) is 2.16. The highest BCUT2D eigenvalue weighted by Crippen LogP contribution is 2.18. The quantitative estimate of drug-likeness (QED) is 0.748. The Morgan fingerprint density at radius 3 is 2.60 bits per heavy atom. The Morgan fingerprint density at radius 2 is 1.93 bits per heavy atom. The molecule has 0 saturated heterocycles. The van der Waals surface area contributed by atoms with Crippen molar-refractivity contribution in [1.82, 2.24) is 19.9 Å². The lowest BCUT2D eigenvalue weighted by molar-refractivity contribution is 0.993. The van der Waals surface area contributed by atoms with E-state index in [-0.39, 0.29) is 5.95 Å². The molecule has 0 aromatic carbocycles. The number of nitrogen functional groups attached to an aromatic ring is 1. The number of rotatable bonds is 1. The molecule has 0 spiro atoms. The first kappa shape index (κ1) is 9.51. The monoisotopic (exact) mass is 201 g/mol. The van der Waals surface area contributed by atoms with Crippen molar-refractivity contribution in [3.8, 4) is 11.4 Å². The Morgan fingerprint density at radius 1 is 1.13 bits per heavy atom. The number of aryl methyl sites for hydroxylation is 2. The predicted octanol–water partition coefficient (Wildman–Crippen LogP) is 1.13. The van der Waals surface area contributed by atoms with E-state index in [1.54, 1.807) is 19.3 Å². The van der Waals surface area contributed by atoms with Crippen molar-refractivity contribution >= 4 is 5.95 Å². The summed E-state index contributed by atoms with van der Waals surface area (Å²) in [7, 11) is 0. The first-order valence-corrected chi connectivity index (χ1v) is 4.56. The van der Waals surface area contributed by atoms with E-state index in [4.69, 9.17) is 5.73 Å². The van der Waals surface area contributed by atoms with Gasteiger partial charge >= 0.3 is 0 Å². The van der Waals surface area contributed by atoms with Crippen molar-refractivity contribution in [2.24, 2.45) is 0 Å². The zero-order valence-electron chi connectivity index (χ0n) is 8.60. The van der Waals surface area contributed by atoms with Crippen LogP contribution in [0.25, 0.3) is 11.4 Å². The van der Waals surface area contributed by atoms with Gasteiger partial charge in [0.2, 0.25) is 5.95 Å². The summed E-state index contributed by atoms with van der Waals surface area (Å²) in [6.45, 7) is 3.75. The summed E-state index contributed by atoms with van der Waals surface area (Å²) in [4.78, 5) is 16.3. The average molecular weight is 201 g/mol. The smallest absolute Gasteiger partial charge is 0.223 e. The molecule has 2 heterocycles. The molecular formula is C10H11N5. The van der Waals surface area contributed by atoms with Crippen molar-refractivity contribution in [2.75, 3.05) is 5.73 Å². The zero-order chi connectivity index (χ0) is 10.8. The molecule has 0 bridgehead atoms. The largest absolute Gasteiger partial charge is 0.368 e. The lowest BCUT2D eigenvalue weighted by Crippen LogP contribution is -2.02. The number of aromatic nitrogens is 4. The van der Waals surface area contributed by atoms with Crippen LogP contribution in [0.3, 0.4) is 0 Å². The van der Waals surface area contributed by atoms with Gasteiger partial charge in [0.25, 0.3) is 0 Å². The molecule has 2 rings (SSSR count). The minimum Gasteiger partial charge on any atom is -0.368 e. The van der Waals surface area contributed by atoms with E-state index in [1.165, 1.54) is 0 Å². The molecule has 15 heavy (non-hydrogen) atoms. The van der Waals surface area contributed by atoms with Gasteiger partial charge in [-0.3, -0.25) is 4.98 Å². The molecule has 0 saturated carbocycles. The van der Waals surface area contributed by atoms with Crippen LogP contribution in [0.5, 0.6) is 0 Å². The van der Waals surface area contributed by atoms with E-state index in [2.05, 4.69) is 19.9 Å². The summed E-state index contributed by atoms with van der Waals surface area (Å²) in [6.07, 6.45) is 3.47. The zero-order valence-corrected chi connectivity index (χ0v) is 8.60. The lowest BCUT2D eigenvalue weighted by Gasteiger charge is -2.04. The maximum Gasteiger partial charge on any atom is 0.223 e. The van der Waals surface area contributed by atoms with E-state index in [1.807, 2.05) is 13.0 Å². The van der Waals surface area contributed by atoms with E-state index in [0.29, 0.717) is 11.6 Å². The highest BCUT2D eigenvalue weighted by molar-refractivity contribution is 5.59. The SMILES string of the molecule is Cc1nc(N)nc(-c2ccncc2C)n1. The molecule has 0 aliphatic rings. The van der Waals surface area contributed by atoms with Gasteiger partial charge in [-0.1, -0.05) is 0 Å². The minimum absolute atomic E-state index is 0.244. The first-order chi connectivity index (χ1) is 7.16. The molecule has 0 radical (unpaired) electrons. The second kappa shape index (κ2) is 3.61. The van der Waals surface area contributed by atoms with Crippen molar-refractivity contribution in [3.05, 3.63) is 29.8 Å². The molecule has 5 nitrogen and oxygen atoms in total. The molecule has 76 valence electrons. The van der Waals surface area contributed by atoms with Crippen molar-refractivity contribution < 1.29 is 0 Å². The number of pyridine rings is 1. The van der Waals surface area contributed by atoms with Crippen LogP contribution in [0, 0.1) is 13.8 Å². The van der Waals surface area contributed by atoms with E-state index in [9.17, 15) is 0 Å². The molecular weight excluding hydrogens is 190 g/mol. The van der Waals surface area contributed by atoms with Crippen LogP contribution in [0.4, 0.5) is 5.95 Å². The first-order valence-electron chi connectivity index (χ1n) is 4.56. The maximum absolute atomic E-state index is 5.57. The molecule has 0 unspecified atom stereocenters. The third-order valence-electron chi connectivity index (χ3n) is 2.03. The topological polar surface area (TPSA) is 77.6 Å². The van der Waals surface area contributed by atoms with Gasteiger partial charge in [0.15, 0.2) is 5.82 Å². The number of anilines is 1. The third-order valence-corrected chi connectivity index (χ3v) is 2.03. The Balaban J connectivity index is 2.59. The molecule has 0 fully saturated rings. The van der Waals surface area contributed by atoms with Gasteiger partial charge in [-0.15, -0.1) is 0 Å². The summed E-state index contributed by atoms with van der Waals surface area (Å²) in [5, 5.41) is 0. The highest BCUT2D eigenvalue weighted by atomic mass is 15.1. The maximum atomic E-state index is 5.57. The van der Waals surface area contributed by atoms with Crippen LogP contribution in [-0.2, 0) is 0 Å². The summed E-state index contributed by atoms with van der Waals surface area (Å²) in [6, 6.07) is 1.86.